The van der Waals surface area contributed by atoms with Gasteiger partial charge in [-0.25, -0.2) is 0 Å². The summed E-state index contributed by atoms with van der Waals surface area (Å²) < 4.78 is 5.51. The van der Waals surface area contributed by atoms with Crippen LogP contribution in [0.15, 0.2) is 34.9 Å². The minimum atomic E-state index is -0.0986. The van der Waals surface area contributed by atoms with Crippen molar-refractivity contribution in [3.8, 4) is 11.4 Å². The highest BCUT2D eigenvalue weighted by Crippen LogP contribution is 2.33. The molecule has 0 aliphatic carbocycles. The van der Waals surface area contributed by atoms with E-state index in [0.717, 1.165) is 31.4 Å². The lowest BCUT2D eigenvalue weighted by molar-refractivity contribution is -0.137. The molecule has 1 saturated heterocycles. The average Bonchev–Trinajstić information content (AvgIpc) is 3.04. The molecule has 128 valence electrons. The van der Waals surface area contributed by atoms with E-state index in [0.29, 0.717) is 18.1 Å². The highest BCUT2D eigenvalue weighted by atomic mass is 16.5. The van der Waals surface area contributed by atoms with E-state index in [1.807, 2.05) is 35.2 Å². The zero-order valence-corrected chi connectivity index (χ0v) is 14.7. The summed E-state index contributed by atoms with van der Waals surface area (Å²) in [5, 5.41) is 4.11. The van der Waals surface area contributed by atoms with Gasteiger partial charge in [-0.1, -0.05) is 56.3 Å². The maximum atomic E-state index is 12.7. The van der Waals surface area contributed by atoms with Crippen LogP contribution >= 0.6 is 0 Å². The Morgan fingerprint density at radius 2 is 2.00 bits per heavy atom. The summed E-state index contributed by atoms with van der Waals surface area (Å²) >= 11 is 0. The molecule has 1 aromatic heterocycles. The SMILES string of the molecule is CC(C)(C)CC(=O)N1CCCC[C@H]1c1nc(-c2ccccc2)no1. The molecule has 1 fully saturated rings. The third kappa shape index (κ3) is 3.83. The first-order valence-electron chi connectivity index (χ1n) is 8.62. The van der Waals surface area contributed by atoms with E-state index in [4.69, 9.17) is 4.52 Å². The van der Waals surface area contributed by atoms with Crippen LogP contribution in [0.5, 0.6) is 0 Å². The van der Waals surface area contributed by atoms with Gasteiger partial charge in [-0.05, 0) is 24.7 Å². The van der Waals surface area contributed by atoms with Crippen LogP contribution in [-0.2, 0) is 4.79 Å². The lowest BCUT2D eigenvalue weighted by atomic mass is 9.90. The molecule has 0 unspecified atom stereocenters. The van der Waals surface area contributed by atoms with E-state index < -0.39 is 0 Å². The quantitative estimate of drug-likeness (QED) is 0.846. The van der Waals surface area contributed by atoms with Crippen LogP contribution in [-0.4, -0.2) is 27.5 Å². The van der Waals surface area contributed by atoms with Crippen LogP contribution < -0.4 is 0 Å². The van der Waals surface area contributed by atoms with Gasteiger partial charge < -0.3 is 9.42 Å². The maximum Gasteiger partial charge on any atom is 0.249 e. The maximum absolute atomic E-state index is 12.7. The minimum absolute atomic E-state index is 0.0247. The standard InChI is InChI=1S/C19H25N3O2/c1-19(2,3)13-16(23)22-12-8-7-11-15(22)18-20-17(21-24-18)14-9-5-4-6-10-14/h4-6,9-10,15H,7-8,11-13H2,1-3H3/t15-/m0/s1. The summed E-state index contributed by atoms with van der Waals surface area (Å²) in [6.07, 6.45) is 3.52. The van der Waals surface area contributed by atoms with E-state index in [1.54, 1.807) is 0 Å². The molecule has 1 aliphatic heterocycles. The Bertz CT molecular complexity index is 688. The Morgan fingerprint density at radius 1 is 1.25 bits per heavy atom. The normalized spacial score (nSPS) is 18.6. The Labute approximate surface area is 143 Å². The number of likely N-dealkylation sites (tertiary alicyclic amines) is 1. The fourth-order valence-electron chi connectivity index (χ4n) is 3.12. The monoisotopic (exact) mass is 327 g/mol. The van der Waals surface area contributed by atoms with Crippen molar-refractivity contribution < 1.29 is 9.32 Å². The first-order chi connectivity index (χ1) is 11.4. The Balaban J connectivity index is 1.81. The smallest absolute Gasteiger partial charge is 0.249 e. The van der Waals surface area contributed by atoms with Crippen molar-refractivity contribution in [2.75, 3.05) is 6.54 Å². The molecule has 2 aromatic rings. The van der Waals surface area contributed by atoms with Crippen molar-refractivity contribution in [1.82, 2.24) is 15.0 Å². The number of nitrogens with zero attached hydrogens (tertiary/aromatic N) is 3. The molecular weight excluding hydrogens is 302 g/mol. The lowest BCUT2D eigenvalue weighted by Crippen LogP contribution is -2.40. The number of benzene rings is 1. The Morgan fingerprint density at radius 3 is 2.71 bits per heavy atom. The summed E-state index contributed by atoms with van der Waals surface area (Å²) in [6, 6.07) is 9.67. The van der Waals surface area contributed by atoms with Crippen LogP contribution in [0.1, 0.15) is 58.4 Å². The van der Waals surface area contributed by atoms with Crippen molar-refractivity contribution in [3.63, 3.8) is 0 Å². The summed E-state index contributed by atoms with van der Waals surface area (Å²) in [5.41, 5.74) is 0.902. The molecule has 0 N–H and O–H groups in total. The summed E-state index contributed by atoms with van der Waals surface area (Å²) in [6.45, 7) is 7.03. The van der Waals surface area contributed by atoms with Crippen LogP contribution in [0.4, 0.5) is 0 Å². The molecule has 0 saturated carbocycles. The third-order valence-electron chi connectivity index (χ3n) is 4.26. The van der Waals surface area contributed by atoms with E-state index >= 15 is 0 Å². The fraction of sp³-hybridized carbons (Fsp3) is 0.526. The summed E-state index contributed by atoms with van der Waals surface area (Å²) in [7, 11) is 0. The lowest BCUT2D eigenvalue weighted by Gasteiger charge is -2.35. The van der Waals surface area contributed by atoms with Crippen molar-refractivity contribution in [2.24, 2.45) is 5.41 Å². The molecule has 1 atom stereocenters. The summed E-state index contributed by atoms with van der Waals surface area (Å²) in [4.78, 5) is 19.2. The third-order valence-corrected chi connectivity index (χ3v) is 4.26. The molecule has 2 heterocycles. The second kappa shape index (κ2) is 6.75. The molecule has 1 amide bonds. The number of hydrogen-bond donors (Lipinski definition) is 0. The van der Waals surface area contributed by atoms with E-state index in [-0.39, 0.29) is 17.4 Å². The number of amides is 1. The van der Waals surface area contributed by atoms with Gasteiger partial charge in [-0.2, -0.15) is 4.98 Å². The van der Waals surface area contributed by atoms with Crippen LogP contribution in [0, 0.1) is 5.41 Å². The summed E-state index contributed by atoms with van der Waals surface area (Å²) in [5.74, 6) is 1.31. The van der Waals surface area contributed by atoms with Crippen molar-refractivity contribution >= 4 is 5.91 Å². The zero-order valence-electron chi connectivity index (χ0n) is 14.7. The highest BCUT2D eigenvalue weighted by Gasteiger charge is 2.33. The molecule has 5 nitrogen and oxygen atoms in total. The predicted molar refractivity (Wildman–Crippen MR) is 92.1 cm³/mol. The molecule has 0 bridgehead atoms. The predicted octanol–water partition coefficient (Wildman–Crippen LogP) is 4.23. The molecule has 24 heavy (non-hydrogen) atoms. The van der Waals surface area contributed by atoms with Gasteiger partial charge in [0.1, 0.15) is 6.04 Å². The molecule has 0 radical (unpaired) electrons. The molecule has 3 rings (SSSR count). The van der Waals surface area contributed by atoms with Crippen molar-refractivity contribution in [3.05, 3.63) is 36.2 Å². The first kappa shape index (κ1) is 16.7. The number of carbonyl (C=O) groups excluding carboxylic acids is 1. The number of carbonyl (C=O) groups is 1. The van der Waals surface area contributed by atoms with Crippen molar-refractivity contribution in [1.29, 1.82) is 0 Å². The Hall–Kier alpha value is -2.17. The number of piperidine rings is 1. The van der Waals surface area contributed by atoms with Gasteiger partial charge in [0.15, 0.2) is 0 Å². The van der Waals surface area contributed by atoms with Crippen LogP contribution in [0.25, 0.3) is 11.4 Å². The second-order valence-electron chi connectivity index (χ2n) is 7.66. The second-order valence-corrected chi connectivity index (χ2v) is 7.66. The van der Waals surface area contributed by atoms with Gasteiger partial charge in [0.25, 0.3) is 0 Å². The van der Waals surface area contributed by atoms with Crippen molar-refractivity contribution in [2.45, 2.75) is 52.5 Å². The molecule has 0 spiro atoms. The van der Waals surface area contributed by atoms with Gasteiger partial charge in [-0.3, -0.25) is 4.79 Å². The van der Waals surface area contributed by atoms with Gasteiger partial charge in [-0.15, -0.1) is 0 Å². The van der Waals surface area contributed by atoms with Gasteiger partial charge >= 0.3 is 0 Å². The highest BCUT2D eigenvalue weighted by molar-refractivity contribution is 5.77. The van der Waals surface area contributed by atoms with E-state index in [2.05, 4.69) is 30.9 Å². The van der Waals surface area contributed by atoms with Gasteiger partial charge in [0.05, 0.1) is 0 Å². The molecular formula is C19H25N3O2. The van der Waals surface area contributed by atoms with Crippen LogP contribution in [0.2, 0.25) is 0 Å². The van der Waals surface area contributed by atoms with Gasteiger partial charge in [0.2, 0.25) is 17.6 Å². The number of rotatable bonds is 3. The number of aromatic nitrogens is 2. The van der Waals surface area contributed by atoms with Gasteiger partial charge in [0, 0.05) is 18.5 Å². The topological polar surface area (TPSA) is 59.2 Å². The first-order valence-corrected chi connectivity index (χ1v) is 8.62. The fourth-order valence-corrected chi connectivity index (χ4v) is 3.12. The minimum Gasteiger partial charge on any atom is -0.337 e. The van der Waals surface area contributed by atoms with E-state index in [9.17, 15) is 4.79 Å². The van der Waals surface area contributed by atoms with Crippen LogP contribution in [0.3, 0.4) is 0 Å². The number of hydrogen-bond acceptors (Lipinski definition) is 4. The Kier molecular flexibility index (Phi) is 4.69. The molecule has 1 aliphatic rings. The zero-order chi connectivity index (χ0) is 17.2. The van der Waals surface area contributed by atoms with E-state index in [1.165, 1.54) is 0 Å². The molecule has 1 aromatic carbocycles. The largest absolute Gasteiger partial charge is 0.337 e. The molecule has 5 heteroatoms. The average molecular weight is 327 g/mol.